The number of aromatic nitrogens is 1. The van der Waals surface area contributed by atoms with Crippen LogP contribution in [-0.4, -0.2) is 45.3 Å². The molecule has 1 amide bonds. The molecule has 1 atom stereocenters. The van der Waals surface area contributed by atoms with E-state index >= 15 is 0 Å². The lowest BCUT2D eigenvalue weighted by Gasteiger charge is -2.21. The molecule has 1 aliphatic heterocycles. The van der Waals surface area contributed by atoms with Crippen LogP contribution in [-0.2, 0) is 12.7 Å². The molecule has 1 fully saturated rings. The summed E-state index contributed by atoms with van der Waals surface area (Å²) in [7, 11) is 0. The van der Waals surface area contributed by atoms with Crippen LogP contribution in [0.1, 0.15) is 33.7 Å². The topological polar surface area (TPSA) is 65.7 Å². The van der Waals surface area contributed by atoms with E-state index in [-0.39, 0.29) is 41.6 Å². The number of carbonyl (C=O) groups excluding carboxylic acids is 1. The number of hydrogen-bond acceptors (Lipinski definition) is 3. The smallest absolute Gasteiger partial charge is 0.431 e. The molecule has 1 aromatic heterocycles. The summed E-state index contributed by atoms with van der Waals surface area (Å²) in [5.41, 5.74) is 0.326. The number of aromatic hydroxyl groups is 1. The number of halogens is 3. The highest BCUT2D eigenvalue weighted by atomic mass is 19.4. The highest BCUT2D eigenvalue weighted by Gasteiger charge is 2.42. The van der Waals surface area contributed by atoms with Gasteiger partial charge in [0.15, 0.2) is 0 Å². The number of amides is 1. The average molecular weight is 458 g/mol. The normalized spacial score (nSPS) is 16.4. The van der Waals surface area contributed by atoms with Crippen LogP contribution in [0.4, 0.5) is 13.2 Å². The summed E-state index contributed by atoms with van der Waals surface area (Å²) in [6.07, 6.45) is -4.08. The minimum Gasteiger partial charge on any atom is -0.508 e. The maximum absolute atomic E-state index is 14.3. The molecule has 1 aliphatic rings. The first-order chi connectivity index (χ1) is 15.7. The quantitative estimate of drug-likeness (QED) is 0.583. The second-order valence-electron chi connectivity index (χ2n) is 8.40. The van der Waals surface area contributed by atoms with Crippen molar-refractivity contribution in [3.8, 4) is 16.9 Å². The van der Waals surface area contributed by atoms with E-state index in [0.717, 1.165) is 4.57 Å². The van der Waals surface area contributed by atoms with Gasteiger partial charge in [0.05, 0.1) is 0 Å². The van der Waals surface area contributed by atoms with Crippen molar-refractivity contribution in [1.82, 2.24) is 9.47 Å². The van der Waals surface area contributed by atoms with Crippen molar-refractivity contribution in [3.05, 3.63) is 77.1 Å². The van der Waals surface area contributed by atoms with Gasteiger partial charge in [0, 0.05) is 37.7 Å². The fourth-order valence-corrected chi connectivity index (χ4v) is 4.55. The average Bonchev–Trinajstić information content (AvgIpc) is 3.37. The lowest BCUT2D eigenvalue weighted by Crippen LogP contribution is -2.32. The van der Waals surface area contributed by atoms with Crippen LogP contribution in [0.3, 0.4) is 0 Å². The Kier molecular flexibility index (Phi) is 6.21. The SMILES string of the molecule is Cc1c(-c2ccc(O)cc2)c(C(=O)N2CCC(CO)C2)n(Cc2ccccc2)c1C(F)(F)F. The Balaban J connectivity index is 1.95. The van der Waals surface area contributed by atoms with Crippen LogP contribution in [0.5, 0.6) is 5.75 Å². The van der Waals surface area contributed by atoms with Crippen LogP contribution in [0.2, 0.25) is 0 Å². The number of phenolic OH excluding ortho intramolecular Hbond substituents is 1. The number of rotatable bonds is 5. The Hall–Kier alpha value is -3.26. The van der Waals surface area contributed by atoms with Gasteiger partial charge in [-0.2, -0.15) is 13.2 Å². The lowest BCUT2D eigenvalue weighted by atomic mass is 10.00. The predicted octanol–water partition coefficient (Wildman–Crippen LogP) is 4.69. The largest absolute Gasteiger partial charge is 0.508 e. The molecule has 8 heteroatoms. The molecule has 33 heavy (non-hydrogen) atoms. The fraction of sp³-hybridized carbons (Fsp3) is 0.320. The van der Waals surface area contributed by atoms with Crippen LogP contribution in [0.15, 0.2) is 54.6 Å². The molecular weight excluding hydrogens is 433 g/mol. The number of benzene rings is 2. The standard InChI is InChI=1S/C25H25F3N2O3/c1-16-21(19-7-9-20(32)10-8-19)22(24(33)29-12-11-18(13-29)15-31)30(23(16)25(26,27)28)14-17-5-3-2-4-6-17/h2-10,18,31-32H,11-15H2,1H3. The molecule has 1 saturated heterocycles. The minimum atomic E-state index is -4.68. The summed E-state index contributed by atoms with van der Waals surface area (Å²) in [4.78, 5) is 15.2. The zero-order chi connectivity index (χ0) is 23.8. The van der Waals surface area contributed by atoms with Crippen molar-refractivity contribution in [2.24, 2.45) is 5.92 Å². The van der Waals surface area contributed by atoms with Crippen molar-refractivity contribution in [2.45, 2.75) is 26.1 Å². The van der Waals surface area contributed by atoms with Crippen molar-refractivity contribution >= 4 is 5.91 Å². The maximum atomic E-state index is 14.3. The zero-order valence-corrected chi connectivity index (χ0v) is 18.1. The van der Waals surface area contributed by atoms with Crippen molar-refractivity contribution in [1.29, 1.82) is 0 Å². The van der Waals surface area contributed by atoms with Crippen LogP contribution < -0.4 is 0 Å². The summed E-state index contributed by atoms with van der Waals surface area (Å²) < 4.78 is 44.0. The van der Waals surface area contributed by atoms with E-state index in [2.05, 4.69) is 0 Å². The molecule has 0 radical (unpaired) electrons. The minimum absolute atomic E-state index is 0.0191. The molecule has 1 unspecified atom stereocenters. The molecule has 3 aromatic rings. The summed E-state index contributed by atoms with van der Waals surface area (Å²) in [6, 6.07) is 14.5. The van der Waals surface area contributed by atoms with E-state index in [0.29, 0.717) is 30.6 Å². The molecule has 0 saturated carbocycles. The molecule has 2 aromatic carbocycles. The first-order valence-corrected chi connectivity index (χ1v) is 10.7. The molecule has 4 rings (SSSR count). The van der Waals surface area contributed by atoms with E-state index in [1.807, 2.05) is 0 Å². The highest BCUT2D eigenvalue weighted by Crippen LogP contribution is 2.42. The van der Waals surface area contributed by atoms with Gasteiger partial charge in [-0.15, -0.1) is 0 Å². The molecule has 174 valence electrons. The van der Waals surface area contributed by atoms with E-state index < -0.39 is 17.8 Å². The van der Waals surface area contributed by atoms with Gasteiger partial charge >= 0.3 is 6.18 Å². The Morgan fingerprint density at radius 1 is 1.09 bits per heavy atom. The monoisotopic (exact) mass is 458 g/mol. The van der Waals surface area contributed by atoms with E-state index in [1.54, 1.807) is 30.3 Å². The number of alkyl halides is 3. The molecule has 0 bridgehead atoms. The van der Waals surface area contributed by atoms with Crippen molar-refractivity contribution < 1.29 is 28.2 Å². The third kappa shape index (κ3) is 4.48. The Morgan fingerprint density at radius 2 is 1.76 bits per heavy atom. The van der Waals surface area contributed by atoms with Crippen LogP contribution in [0, 0.1) is 12.8 Å². The number of phenols is 1. The highest BCUT2D eigenvalue weighted by molar-refractivity contribution is 6.01. The molecule has 2 N–H and O–H groups in total. The molecule has 0 spiro atoms. The predicted molar refractivity (Wildman–Crippen MR) is 118 cm³/mol. The Labute approximate surface area is 189 Å². The van der Waals surface area contributed by atoms with E-state index in [9.17, 15) is 28.2 Å². The lowest BCUT2D eigenvalue weighted by molar-refractivity contribution is -0.143. The molecule has 5 nitrogen and oxygen atoms in total. The summed E-state index contributed by atoms with van der Waals surface area (Å²) >= 11 is 0. The maximum Gasteiger partial charge on any atom is 0.431 e. The number of likely N-dealkylation sites (tertiary alicyclic amines) is 1. The van der Waals surface area contributed by atoms with Gasteiger partial charge < -0.3 is 19.7 Å². The first-order valence-electron chi connectivity index (χ1n) is 10.7. The Morgan fingerprint density at radius 3 is 2.33 bits per heavy atom. The molecule has 0 aliphatic carbocycles. The van der Waals surface area contributed by atoms with Crippen molar-refractivity contribution in [2.75, 3.05) is 19.7 Å². The third-order valence-electron chi connectivity index (χ3n) is 6.15. The zero-order valence-electron chi connectivity index (χ0n) is 18.1. The van der Waals surface area contributed by atoms with Gasteiger partial charge in [-0.1, -0.05) is 42.5 Å². The van der Waals surface area contributed by atoms with Crippen molar-refractivity contribution in [3.63, 3.8) is 0 Å². The van der Waals surface area contributed by atoms with Gasteiger partial charge in [0.25, 0.3) is 5.91 Å². The van der Waals surface area contributed by atoms with Gasteiger partial charge in [0.1, 0.15) is 17.1 Å². The van der Waals surface area contributed by atoms with Gasteiger partial charge in [-0.25, -0.2) is 0 Å². The third-order valence-corrected chi connectivity index (χ3v) is 6.15. The fourth-order valence-electron chi connectivity index (χ4n) is 4.55. The number of carbonyl (C=O) groups is 1. The second-order valence-corrected chi connectivity index (χ2v) is 8.40. The number of aliphatic hydroxyl groups excluding tert-OH is 1. The van der Waals surface area contributed by atoms with E-state index in [1.165, 1.54) is 36.1 Å². The number of aliphatic hydroxyl groups is 1. The number of hydrogen-bond donors (Lipinski definition) is 2. The van der Waals surface area contributed by atoms with Gasteiger partial charge in [-0.3, -0.25) is 4.79 Å². The summed E-state index contributed by atoms with van der Waals surface area (Å²) in [5.74, 6) is -0.607. The van der Waals surface area contributed by atoms with E-state index in [4.69, 9.17) is 0 Å². The molecule has 2 heterocycles. The van der Waals surface area contributed by atoms with Gasteiger partial charge in [0.2, 0.25) is 0 Å². The van der Waals surface area contributed by atoms with Crippen LogP contribution in [0.25, 0.3) is 11.1 Å². The second kappa shape index (κ2) is 8.94. The summed E-state index contributed by atoms with van der Waals surface area (Å²) in [5, 5.41) is 19.2. The number of nitrogens with zero attached hydrogens (tertiary/aromatic N) is 2. The molecular formula is C25H25F3N2O3. The Bertz CT molecular complexity index is 1140. The first kappa shape index (κ1) is 22.9. The van der Waals surface area contributed by atoms with Crippen LogP contribution >= 0.6 is 0 Å². The summed E-state index contributed by atoms with van der Waals surface area (Å²) in [6.45, 7) is 1.85. The van der Waals surface area contributed by atoms with Gasteiger partial charge in [-0.05, 0) is 42.2 Å².